The summed E-state index contributed by atoms with van der Waals surface area (Å²) in [5.41, 5.74) is 0.321. The van der Waals surface area contributed by atoms with E-state index in [4.69, 9.17) is 0 Å². The molecule has 1 aliphatic heterocycles. The van der Waals surface area contributed by atoms with Crippen LogP contribution >= 0.6 is 27.3 Å². The van der Waals surface area contributed by atoms with Gasteiger partial charge in [0.2, 0.25) is 0 Å². The van der Waals surface area contributed by atoms with Crippen molar-refractivity contribution in [3.63, 3.8) is 0 Å². The number of thiophene rings is 1. The number of ketones is 1. The molecule has 0 aliphatic carbocycles. The monoisotopic (exact) mass is 362 g/mol. The number of hydrogen-bond donors (Lipinski definition) is 1. The third-order valence-electron chi connectivity index (χ3n) is 2.44. The third kappa shape index (κ3) is 3.13. The summed E-state index contributed by atoms with van der Waals surface area (Å²) in [5, 5.41) is 0. The Kier molecular flexibility index (Phi) is 3.93. The highest BCUT2D eigenvalue weighted by molar-refractivity contribution is 9.10. The van der Waals surface area contributed by atoms with E-state index < -0.39 is 10.2 Å². The molecule has 1 aliphatic rings. The van der Waals surface area contributed by atoms with E-state index in [0.717, 1.165) is 20.6 Å². The lowest BCUT2D eigenvalue weighted by Crippen LogP contribution is -2.27. The number of Topliss-reactive ketones (excluding diaryl/α,β-unsaturated/α-hetero) is 1. The summed E-state index contributed by atoms with van der Waals surface area (Å²) in [6, 6.07) is 1.83. The molecule has 2 rings (SSSR count). The first-order valence-corrected chi connectivity index (χ1v) is 8.51. The number of aryl methyl sites for hydroxylation is 1. The number of hydrogen-bond acceptors (Lipinski definition) is 4. The number of nitrogens with zero attached hydrogens (tertiary/aromatic N) is 1. The highest BCUT2D eigenvalue weighted by atomic mass is 79.9. The van der Waals surface area contributed by atoms with E-state index in [1.54, 1.807) is 0 Å². The van der Waals surface area contributed by atoms with Gasteiger partial charge in [0, 0.05) is 16.3 Å². The fraction of sp³-hybridized carbons (Fsp3) is 0.273. The fourth-order valence-electron chi connectivity index (χ4n) is 1.55. The van der Waals surface area contributed by atoms with Gasteiger partial charge in [0.1, 0.15) is 5.71 Å². The number of nitrogens with one attached hydrogen (secondary N) is 1. The zero-order valence-electron chi connectivity index (χ0n) is 10.2. The first-order valence-electron chi connectivity index (χ1n) is 5.46. The van der Waals surface area contributed by atoms with E-state index in [-0.39, 0.29) is 11.5 Å². The molecule has 0 saturated carbocycles. The molecule has 0 unspecified atom stereocenters. The maximum atomic E-state index is 11.6. The van der Waals surface area contributed by atoms with Gasteiger partial charge in [-0.3, -0.25) is 9.52 Å². The van der Waals surface area contributed by atoms with E-state index in [0.29, 0.717) is 5.70 Å². The number of rotatable bonds is 3. The average Bonchev–Trinajstić information content (AvgIpc) is 2.68. The number of halogens is 1. The predicted molar refractivity (Wildman–Crippen MR) is 79.5 cm³/mol. The molecule has 102 valence electrons. The van der Waals surface area contributed by atoms with Crippen molar-refractivity contribution in [1.29, 1.82) is 0 Å². The fourth-order valence-corrected chi connectivity index (χ4v) is 4.42. The van der Waals surface area contributed by atoms with Crippen molar-refractivity contribution in [2.24, 2.45) is 4.40 Å². The Labute approximate surface area is 123 Å². The van der Waals surface area contributed by atoms with Crippen LogP contribution in [-0.2, 0) is 21.4 Å². The predicted octanol–water partition coefficient (Wildman–Crippen LogP) is 2.29. The second-order valence-corrected chi connectivity index (χ2v) is 7.23. The van der Waals surface area contributed by atoms with Crippen molar-refractivity contribution >= 4 is 54.7 Å². The summed E-state index contributed by atoms with van der Waals surface area (Å²) in [7, 11) is -3.84. The van der Waals surface area contributed by atoms with Crippen molar-refractivity contribution in [1.82, 2.24) is 4.72 Å². The highest BCUT2D eigenvalue weighted by Crippen LogP contribution is 2.32. The quantitative estimate of drug-likeness (QED) is 0.895. The van der Waals surface area contributed by atoms with Crippen LogP contribution in [0, 0.1) is 0 Å². The standard InChI is InChI=1S/C11H11BrN2O3S2/c1-3-10-7(12)4-11(18-10)9-5-8(6(2)15)13-19(16,17)14-9/h4-5,14H,3H2,1-2H3. The summed E-state index contributed by atoms with van der Waals surface area (Å²) in [4.78, 5) is 13.2. The first-order chi connectivity index (χ1) is 8.82. The smallest absolute Gasteiger partial charge is 0.293 e. The Bertz CT molecular complexity index is 702. The van der Waals surface area contributed by atoms with Crippen molar-refractivity contribution in [3.8, 4) is 0 Å². The van der Waals surface area contributed by atoms with Gasteiger partial charge >= 0.3 is 10.2 Å². The van der Waals surface area contributed by atoms with Crippen LogP contribution in [0.1, 0.15) is 23.6 Å². The van der Waals surface area contributed by atoms with Gasteiger partial charge in [0.25, 0.3) is 0 Å². The van der Waals surface area contributed by atoms with Gasteiger partial charge < -0.3 is 0 Å². The van der Waals surface area contributed by atoms with E-state index >= 15 is 0 Å². The Morgan fingerprint density at radius 3 is 2.74 bits per heavy atom. The zero-order valence-corrected chi connectivity index (χ0v) is 13.4. The molecular formula is C11H11BrN2O3S2. The maximum absolute atomic E-state index is 11.6. The van der Waals surface area contributed by atoms with Crippen LogP contribution in [0.2, 0.25) is 0 Å². The SMILES string of the molecule is CCc1sc(C2=CC(C(C)=O)=NS(=O)(=O)N2)cc1Br. The van der Waals surface area contributed by atoms with Crippen molar-refractivity contribution in [3.05, 3.63) is 26.4 Å². The molecule has 19 heavy (non-hydrogen) atoms. The summed E-state index contributed by atoms with van der Waals surface area (Å²) >= 11 is 4.90. The number of allylic oxidation sites excluding steroid dienone is 1. The minimum absolute atomic E-state index is 0.0590. The second kappa shape index (κ2) is 5.18. The average molecular weight is 363 g/mol. The van der Waals surface area contributed by atoms with Crippen LogP contribution < -0.4 is 4.72 Å². The zero-order chi connectivity index (χ0) is 14.2. The molecular weight excluding hydrogens is 352 g/mol. The molecule has 8 heteroatoms. The molecule has 1 aromatic heterocycles. The van der Waals surface area contributed by atoms with Crippen LogP contribution in [0.5, 0.6) is 0 Å². The van der Waals surface area contributed by atoms with E-state index in [2.05, 4.69) is 25.0 Å². The topological polar surface area (TPSA) is 75.6 Å². The third-order valence-corrected chi connectivity index (χ3v) is 5.64. The minimum atomic E-state index is -3.84. The number of carbonyl (C=O) groups is 1. The summed E-state index contributed by atoms with van der Waals surface area (Å²) in [5.74, 6) is -0.381. The van der Waals surface area contributed by atoms with Gasteiger partial charge in [0.15, 0.2) is 5.78 Å². The normalized spacial score (nSPS) is 17.4. The minimum Gasteiger partial charge on any atom is -0.293 e. The van der Waals surface area contributed by atoms with Crippen molar-refractivity contribution < 1.29 is 13.2 Å². The van der Waals surface area contributed by atoms with E-state index in [1.807, 2.05) is 13.0 Å². The first kappa shape index (κ1) is 14.4. The van der Waals surface area contributed by atoms with Crippen LogP contribution in [0.25, 0.3) is 5.70 Å². The molecule has 0 amide bonds. The lowest BCUT2D eigenvalue weighted by atomic mass is 10.2. The Balaban J connectivity index is 2.50. The van der Waals surface area contributed by atoms with Crippen molar-refractivity contribution in [2.75, 3.05) is 0 Å². The van der Waals surface area contributed by atoms with Crippen LogP contribution in [0.4, 0.5) is 0 Å². The lowest BCUT2D eigenvalue weighted by Gasteiger charge is -2.12. The van der Waals surface area contributed by atoms with Gasteiger partial charge in [-0.15, -0.1) is 15.7 Å². The summed E-state index contributed by atoms with van der Waals surface area (Å²) in [6.45, 7) is 3.30. The Hall–Kier alpha value is -0.990. The van der Waals surface area contributed by atoms with Crippen LogP contribution in [0.15, 0.2) is 21.0 Å². The van der Waals surface area contributed by atoms with Crippen LogP contribution in [-0.4, -0.2) is 19.9 Å². The van der Waals surface area contributed by atoms with E-state index in [1.165, 1.54) is 24.3 Å². The highest BCUT2D eigenvalue weighted by Gasteiger charge is 2.22. The Morgan fingerprint density at radius 2 is 2.21 bits per heavy atom. The molecule has 0 radical (unpaired) electrons. The number of carbonyl (C=O) groups excluding carboxylic acids is 1. The maximum Gasteiger partial charge on any atom is 0.342 e. The molecule has 0 atom stereocenters. The van der Waals surface area contributed by atoms with E-state index in [9.17, 15) is 13.2 Å². The molecule has 0 aromatic carbocycles. The second-order valence-electron chi connectivity index (χ2n) is 3.90. The van der Waals surface area contributed by atoms with Gasteiger partial charge in [-0.05, 0) is 34.5 Å². The molecule has 2 heterocycles. The van der Waals surface area contributed by atoms with Gasteiger partial charge in [-0.25, -0.2) is 0 Å². The van der Waals surface area contributed by atoms with Crippen LogP contribution in [0.3, 0.4) is 0 Å². The van der Waals surface area contributed by atoms with Gasteiger partial charge in [-0.2, -0.15) is 8.42 Å². The Morgan fingerprint density at radius 1 is 1.53 bits per heavy atom. The molecule has 0 saturated heterocycles. The molecule has 1 N–H and O–H groups in total. The molecule has 0 spiro atoms. The molecule has 1 aromatic rings. The van der Waals surface area contributed by atoms with Gasteiger partial charge in [0.05, 0.1) is 10.6 Å². The lowest BCUT2D eigenvalue weighted by molar-refractivity contribution is -0.111. The summed E-state index contributed by atoms with van der Waals surface area (Å²) in [6.07, 6.45) is 2.31. The largest absolute Gasteiger partial charge is 0.342 e. The molecule has 5 nitrogen and oxygen atoms in total. The summed E-state index contributed by atoms with van der Waals surface area (Å²) < 4.78 is 29.9. The van der Waals surface area contributed by atoms with Crippen molar-refractivity contribution in [2.45, 2.75) is 20.3 Å². The van der Waals surface area contributed by atoms with Gasteiger partial charge in [-0.1, -0.05) is 6.92 Å². The molecule has 0 fully saturated rings. The molecule has 0 bridgehead atoms.